The lowest BCUT2D eigenvalue weighted by Crippen LogP contribution is -2.11. The van der Waals surface area contributed by atoms with Gasteiger partial charge in [-0.3, -0.25) is 4.79 Å². The number of aliphatic hydroxyl groups is 1. The van der Waals surface area contributed by atoms with Crippen LogP contribution in [0.2, 0.25) is 0 Å². The van der Waals surface area contributed by atoms with Crippen LogP contribution in [0.3, 0.4) is 0 Å². The molecule has 0 bridgehead atoms. The molecule has 0 aliphatic carbocycles. The number of hydrogen-bond acceptors (Lipinski definition) is 2. The number of rotatable bonds is 2. The molecule has 0 aliphatic rings. The van der Waals surface area contributed by atoms with Crippen molar-refractivity contribution in [3.05, 3.63) is 24.0 Å². The first-order valence-corrected chi connectivity index (χ1v) is 2.40. The maximum Gasteiger partial charge on any atom is 0.248 e. The van der Waals surface area contributed by atoms with E-state index in [1.54, 1.807) is 0 Å². The van der Waals surface area contributed by atoms with Crippen molar-refractivity contribution in [2.24, 2.45) is 5.73 Å². The minimum Gasteiger partial charge on any atom is -0.513 e. The predicted octanol–water partition coefficient (Wildman–Crippen LogP) is 0.490. The second-order valence-corrected chi connectivity index (χ2v) is 1.68. The van der Waals surface area contributed by atoms with Crippen LogP contribution in [0.4, 0.5) is 0 Å². The molecule has 0 heterocycles. The van der Waals surface area contributed by atoms with Gasteiger partial charge >= 0.3 is 0 Å². The van der Waals surface area contributed by atoms with Gasteiger partial charge in [0.05, 0.1) is 5.76 Å². The highest BCUT2D eigenvalue weighted by molar-refractivity contribution is 5.94. The molecule has 0 aromatic carbocycles. The Morgan fingerprint density at radius 2 is 2.22 bits per heavy atom. The molecule has 1 amide bonds. The summed E-state index contributed by atoms with van der Waals surface area (Å²) in [6.45, 7) is 4.72. The van der Waals surface area contributed by atoms with Crippen LogP contribution in [0.5, 0.6) is 0 Å². The number of carbonyl (C=O) groups is 1. The van der Waals surface area contributed by atoms with Crippen molar-refractivity contribution < 1.29 is 9.90 Å². The Bertz CT molecular complexity index is 166. The summed E-state index contributed by atoms with van der Waals surface area (Å²) in [5, 5.41) is 8.56. The Hall–Kier alpha value is -1.25. The number of hydrogen-bond donors (Lipinski definition) is 2. The van der Waals surface area contributed by atoms with Crippen LogP contribution >= 0.6 is 0 Å². The zero-order valence-electron chi connectivity index (χ0n) is 5.22. The number of carbonyl (C=O) groups excluding carboxylic acids is 1. The number of primary amides is 1. The van der Waals surface area contributed by atoms with Gasteiger partial charge in [-0.05, 0) is 13.0 Å². The summed E-state index contributed by atoms with van der Waals surface area (Å²) in [6.07, 6.45) is 1.21. The average molecular weight is 127 g/mol. The average Bonchev–Trinajstić information content (AvgIpc) is 1.63. The smallest absolute Gasteiger partial charge is 0.248 e. The van der Waals surface area contributed by atoms with Gasteiger partial charge in [0.1, 0.15) is 0 Å². The van der Waals surface area contributed by atoms with E-state index >= 15 is 0 Å². The second-order valence-electron chi connectivity index (χ2n) is 1.68. The van der Waals surface area contributed by atoms with Crippen molar-refractivity contribution in [1.29, 1.82) is 0 Å². The molecule has 0 saturated carbocycles. The zero-order valence-corrected chi connectivity index (χ0v) is 5.22. The van der Waals surface area contributed by atoms with E-state index in [4.69, 9.17) is 10.8 Å². The van der Waals surface area contributed by atoms with E-state index in [1.165, 1.54) is 13.0 Å². The molecule has 0 aromatic heterocycles. The third-order valence-electron chi connectivity index (χ3n) is 0.700. The van der Waals surface area contributed by atoms with E-state index in [0.717, 1.165) is 0 Å². The van der Waals surface area contributed by atoms with Gasteiger partial charge in [-0.25, -0.2) is 0 Å². The zero-order chi connectivity index (χ0) is 7.44. The molecule has 3 nitrogen and oxygen atoms in total. The molecule has 0 radical (unpaired) electrons. The highest BCUT2D eigenvalue weighted by atomic mass is 16.3. The minimum atomic E-state index is -0.622. The van der Waals surface area contributed by atoms with Crippen molar-refractivity contribution in [3.63, 3.8) is 0 Å². The van der Waals surface area contributed by atoms with Gasteiger partial charge in [0.15, 0.2) is 0 Å². The first-order valence-electron chi connectivity index (χ1n) is 2.40. The topological polar surface area (TPSA) is 63.3 Å². The minimum absolute atomic E-state index is 0.0267. The molecule has 3 heteroatoms. The Balaban J connectivity index is 4.09. The number of amides is 1. The first kappa shape index (κ1) is 7.75. The molecule has 0 aliphatic heterocycles. The molecule has 3 N–H and O–H groups in total. The SMILES string of the molecule is C=C(/C=C(/C)O)C(N)=O. The van der Waals surface area contributed by atoms with Crippen molar-refractivity contribution in [2.75, 3.05) is 0 Å². The standard InChI is InChI=1S/C6H9NO2/c1-4(6(7)9)3-5(2)8/h3,8H,1H2,2H3,(H2,7,9)/b5-3-. The van der Waals surface area contributed by atoms with Gasteiger partial charge < -0.3 is 10.8 Å². The van der Waals surface area contributed by atoms with Gasteiger partial charge in [0, 0.05) is 5.57 Å². The van der Waals surface area contributed by atoms with Crippen molar-refractivity contribution >= 4 is 5.91 Å². The van der Waals surface area contributed by atoms with Crippen LogP contribution in [0.15, 0.2) is 24.0 Å². The van der Waals surface area contributed by atoms with Crippen LogP contribution in [-0.2, 0) is 4.79 Å². The molecule has 0 unspecified atom stereocenters. The lowest BCUT2D eigenvalue weighted by molar-refractivity contribution is -0.114. The van der Waals surface area contributed by atoms with E-state index < -0.39 is 5.91 Å². The molecule has 0 fully saturated rings. The Morgan fingerprint density at radius 3 is 2.33 bits per heavy atom. The van der Waals surface area contributed by atoms with Crippen LogP contribution in [0, 0.1) is 0 Å². The molecule has 0 aromatic rings. The highest BCUT2D eigenvalue weighted by Crippen LogP contribution is 1.94. The van der Waals surface area contributed by atoms with Crippen molar-refractivity contribution in [2.45, 2.75) is 6.92 Å². The predicted molar refractivity (Wildman–Crippen MR) is 34.7 cm³/mol. The fraction of sp³-hybridized carbons (Fsp3) is 0.167. The number of allylic oxidation sites excluding steroid dienone is 1. The second kappa shape index (κ2) is 2.91. The quantitative estimate of drug-likeness (QED) is 0.322. The fourth-order valence-corrected chi connectivity index (χ4v) is 0.323. The molecule has 0 spiro atoms. The lowest BCUT2D eigenvalue weighted by Gasteiger charge is -1.90. The molecular formula is C6H9NO2. The summed E-state index contributed by atoms with van der Waals surface area (Å²) in [6, 6.07) is 0. The van der Waals surface area contributed by atoms with E-state index in [-0.39, 0.29) is 11.3 Å². The van der Waals surface area contributed by atoms with Gasteiger partial charge in [-0.2, -0.15) is 0 Å². The van der Waals surface area contributed by atoms with Gasteiger partial charge in [0.25, 0.3) is 0 Å². The summed E-state index contributed by atoms with van der Waals surface area (Å²) in [4.78, 5) is 10.2. The fourth-order valence-electron chi connectivity index (χ4n) is 0.323. The molecule has 0 saturated heterocycles. The summed E-state index contributed by atoms with van der Waals surface area (Å²) < 4.78 is 0. The maximum atomic E-state index is 10.2. The summed E-state index contributed by atoms with van der Waals surface area (Å²) in [7, 11) is 0. The molecule has 0 atom stereocenters. The van der Waals surface area contributed by atoms with E-state index in [2.05, 4.69) is 6.58 Å². The largest absolute Gasteiger partial charge is 0.513 e. The monoisotopic (exact) mass is 127 g/mol. The molecule has 50 valence electrons. The van der Waals surface area contributed by atoms with Crippen molar-refractivity contribution in [1.82, 2.24) is 0 Å². The van der Waals surface area contributed by atoms with Gasteiger partial charge in [-0.15, -0.1) is 0 Å². The highest BCUT2D eigenvalue weighted by Gasteiger charge is 1.95. The third-order valence-corrected chi connectivity index (χ3v) is 0.700. The normalized spacial score (nSPS) is 11.0. The van der Waals surface area contributed by atoms with E-state index in [9.17, 15) is 4.79 Å². The first-order chi connectivity index (χ1) is 4.04. The Kier molecular flexibility index (Phi) is 2.51. The van der Waals surface area contributed by atoms with Crippen LogP contribution in [0.25, 0.3) is 0 Å². The van der Waals surface area contributed by atoms with Gasteiger partial charge in [-0.1, -0.05) is 6.58 Å². The van der Waals surface area contributed by atoms with Crippen LogP contribution < -0.4 is 5.73 Å². The van der Waals surface area contributed by atoms with Crippen LogP contribution in [0.1, 0.15) is 6.92 Å². The third kappa shape index (κ3) is 3.34. The number of nitrogens with two attached hydrogens (primary N) is 1. The molecular weight excluding hydrogens is 118 g/mol. The van der Waals surface area contributed by atoms with Gasteiger partial charge in [0.2, 0.25) is 5.91 Å². The van der Waals surface area contributed by atoms with E-state index in [0.29, 0.717) is 0 Å². The van der Waals surface area contributed by atoms with E-state index in [1.807, 2.05) is 0 Å². The Morgan fingerprint density at radius 1 is 1.78 bits per heavy atom. The summed E-state index contributed by atoms with van der Waals surface area (Å²) >= 11 is 0. The number of aliphatic hydroxyl groups excluding tert-OH is 1. The maximum absolute atomic E-state index is 10.2. The summed E-state index contributed by atoms with van der Waals surface area (Å²) in [5.41, 5.74) is 4.90. The lowest BCUT2D eigenvalue weighted by atomic mass is 10.2. The van der Waals surface area contributed by atoms with Crippen LogP contribution in [-0.4, -0.2) is 11.0 Å². The van der Waals surface area contributed by atoms with Crippen molar-refractivity contribution in [3.8, 4) is 0 Å². The summed E-state index contributed by atoms with van der Waals surface area (Å²) in [5.74, 6) is -0.595. The molecule has 0 rings (SSSR count). The molecule has 9 heavy (non-hydrogen) atoms. The Labute approximate surface area is 53.5 Å².